The topological polar surface area (TPSA) is 62.7 Å². The smallest absolute Gasteiger partial charge is 0.337 e. The molecule has 1 saturated heterocycles. The Morgan fingerprint density at radius 3 is 3.05 bits per heavy atom. The number of aromatic nitrogens is 1. The number of nitrogens with zero attached hydrogens (tertiary/aromatic N) is 2. The van der Waals surface area contributed by atoms with Crippen molar-refractivity contribution in [3.8, 4) is 0 Å². The van der Waals surface area contributed by atoms with Crippen molar-refractivity contribution in [3.05, 3.63) is 29.6 Å². The molecule has 1 aliphatic carbocycles. The lowest BCUT2D eigenvalue weighted by Crippen LogP contribution is -2.39. The molecule has 2 fully saturated rings. The van der Waals surface area contributed by atoms with Gasteiger partial charge in [0.2, 0.25) is 0 Å². The normalized spacial score (nSPS) is 23.1. The first kappa shape index (κ1) is 14.5. The van der Waals surface area contributed by atoms with Gasteiger partial charge in [-0.25, -0.2) is 4.79 Å². The van der Waals surface area contributed by atoms with Crippen molar-refractivity contribution < 1.29 is 14.6 Å². The fourth-order valence-electron chi connectivity index (χ4n) is 2.82. The first-order valence-corrected chi connectivity index (χ1v) is 7.73. The zero-order chi connectivity index (χ0) is 14.7. The van der Waals surface area contributed by atoms with Crippen LogP contribution in [0.1, 0.15) is 41.7 Å². The van der Waals surface area contributed by atoms with Gasteiger partial charge in [0.15, 0.2) is 0 Å². The minimum Gasteiger partial charge on any atom is -0.478 e. The van der Waals surface area contributed by atoms with Crippen LogP contribution in [0.3, 0.4) is 0 Å². The molecule has 0 amide bonds. The van der Waals surface area contributed by atoms with Crippen molar-refractivity contribution in [2.45, 2.75) is 38.3 Å². The van der Waals surface area contributed by atoms with Gasteiger partial charge < -0.3 is 9.84 Å². The quantitative estimate of drug-likeness (QED) is 0.870. The van der Waals surface area contributed by atoms with Gasteiger partial charge in [-0.2, -0.15) is 0 Å². The Labute approximate surface area is 124 Å². The van der Waals surface area contributed by atoms with Gasteiger partial charge in [0.25, 0.3) is 0 Å². The minimum atomic E-state index is -0.906. The largest absolute Gasteiger partial charge is 0.478 e. The van der Waals surface area contributed by atoms with Gasteiger partial charge in [0.1, 0.15) is 0 Å². The number of carbonyl (C=O) groups is 1. The maximum Gasteiger partial charge on any atom is 0.337 e. The second kappa shape index (κ2) is 6.54. The highest BCUT2D eigenvalue weighted by Crippen LogP contribution is 2.30. The van der Waals surface area contributed by atoms with Gasteiger partial charge >= 0.3 is 5.97 Å². The Hall–Kier alpha value is -1.46. The van der Waals surface area contributed by atoms with Crippen LogP contribution in [-0.4, -0.2) is 46.8 Å². The molecule has 1 unspecified atom stereocenters. The van der Waals surface area contributed by atoms with Gasteiger partial charge in [-0.15, -0.1) is 0 Å². The van der Waals surface area contributed by atoms with Crippen molar-refractivity contribution in [1.82, 2.24) is 9.88 Å². The van der Waals surface area contributed by atoms with E-state index in [1.807, 2.05) is 0 Å². The monoisotopic (exact) mass is 290 g/mol. The van der Waals surface area contributed by atoms with E-state index in [1.54, 1.807) is 18.3 Å². The van der Waals surface area contributed by atoms with E-state index in [0.717, 1.165) is 38.5 Å². The third kappa shape index (κ3) is 4.02. The summed E-state index contributed by atoms with van der Waals surface area (Å²) in [4.78, 5) is 17.7. The van der Waals surface area contributed by atoms with Crippen LogP contribution in [0.5, 0.6) is 0 Å². The van der Waals surface area contributed by atoms with E-state index in [0.29, 0.717) is 17.8 Å². The average Bonchev–Trinajstić information content (AvgIpc) is 3.30. The highest BCUT2D eigenvalue weighted by Gasteiger charge is 2.26. The number of likely N-dealkylation sites (tertiary alicyclic amines) is 1. The predicted molar refractivity (Wildman–Crippen MR) is 78.2 cm³/mol. The zero-order valence-electron chi connectivity index (χ0n) is 12.2. The van der Waals surface area contributed by atoms with E-state index in [2.05, 4.69) is 9.88 Å². The highest BCUT2D eigenvalue weighted by molar-refractivity contribution is 5.88. The number of piperidine rings is 1. The fraction of sp³-hybridized carbons (Fsp3) is 0.625. The van der Waals surface area contributed by atoms with Crippen LogP contribution < -0.4 is 0 Å². The summed E-state index contributed by atoms with van der Waals surface area (Å²) in [6.07, 6.45) is 6.78. The summed E-state index contributed by atoms with van der Waals surface area (Å²) in [5, 5.41) is 9.22. The number of hydrogen-bond acceptors (Lipinski definition) is 4. The summed E-state index contributed by atoms with van der Waals surface area (Å²) in [6.45, 7) is 3.34. The zero-order valence-corrected chi connectivity index (χ0v) is 12.2. The summed E-state index contributed by atoms with van der Waals surface area (Å²) in [7, 11) is 0. The Morgan fingerprint density at radius 2 is 2.29 bits per heavy atom. The van der Waals surface area contributed by atoms with Crippen molar-refractivity contribution in [2.24, 2.45) is 5.92 Å². The van der Waals surface area contributed by atoms with E-state index in [4.69, 9.17) is 4.74 Å². The molecule has 1 atom stereocenters. The van der Waals surface area contributed by atoms with Crippen molar-refractivity contribution in [3.63, 3.8) is 0 Å². The summed E-state index contributed by atoms with van der Waals surface area (Å²) < 4.78 is 5.97. The molecule has 5 heteroatoms. The summed E-state index contributed by atoms with van der Waals surface area (Å²) in [5.41, 5.74) is 0.950. The maximum absolute atomic E-state index is 11.2. The lowest BCUT2D eigenvalue weighted by atomic mass is 10.1. The molecule has 1 aliphatic heterocycles. The van der Waals surface area contributed by atoms with Crippen LogP contribution >= 0.6 is 0 Å². The molecule has 3 rings (SSSR count). The maximum atomic E-state index is 11.2. The van der Waals surface area contributed by atoms with Crippen LogP contribution in [-0.2, 0) is 11.3 Å². The Kier molecular flexibility index (Phi) is 4.51. The third-order valence-electron chi connectivity index (χ3n) is 4.22. The summed E-state index contributed by atoms with van der Waals surface area (Å²) >= 11 is 0. The SMILES string of the molecule is O=C(O)c1cccnc1CN1CCCC(OCC2CC2)C1. The molecule has 1 saturated carbocycles. The summed E-state index contributed by atoms with van der Waals surface area (Å²) in [5.74, 6) is -0.119. The minimum absolute atomic E-state index is 0.288. The van der Waals surface area contributed by atoms with Crippen LogP contribution in [0, 0.1) is 5.92 Å². The van der Waals surface area contributed by atoms with Gasteiger partial charge in [-0.05, 0) is 50.3 Å². The van der Waals surface area contributed by atoms with Gasteiger partial charge in [0.05, 0.1) is 17.4 Å². The number of carboxylic acids is 1. The Bertz CT molecular complexity index is 502. The van der Waals surface area contributed by atoms with Crippen molar-refractivity contribution >= 4 is 5.97 Å². The molecule has 21 heavy (non-hydrogen) atoms. The van der Waals surface area contributed by atoms with Gasteiger partial charge in [-0.1, -0.05) is 0 Å². The molecule has 0 radical (unpaired) electrons. The highest BCUT2D eigenvalue weighted by atomic mass is 16.5. The molecule has 0 aromatic carbocycles. The standard InChI is InChI=1S/C16H22N2O3/c19-16(20)14-4-1-7-17-15(14)10-18-8-2-3-13(9-18)21-11-12-5-6-12/h1,4,7,12-13H,2-3,5-6,8-11H2,(H,19,20). The predicted octanol–water partition coefficient (Wildman–Crippen LogP) is 2.17. The number of hydrogen-bond donors (Lipinski definition) is 1. The molecule has 114 valence electrons. The van der Waals surface area contributed by atoms with Crippen LogP contribution in [0.25, 0.3) is 0 Å². The van der Waals surface area contributed by atoms with Crippen LogP contribution in [0.2, 0.25) is 0 Å². The number of aromatic carboxylic acids is 1. The van der Waals surface area contributed by atoms with Crippen molar-refractivity contribution in [1.29, 1.82) is 0 Å². The molecule has 1 aromatic heterocycles. The number of carboxylic acid groups (broad SMARTS) is 1. The first-order chi connectivity index (χ1) is 10.2. The van der Waals surface area contributed by atoms with E-state index >= 15 is 0 Å². The van der Waals surface area contributed by atoms with Gasteiger partial charge in [0, 0.05) is 25.9 Å². The number of ether oxygens (including phenoxy) is 1. The lowest BCUT2D eigenvalue weighted by molar-refractivity contribution is -0.00758. The summed E-state index contributed by atoms with van der Waals surface area (Å²) in [6, 6.07) is 3.29. The van der Waals surface area contributed by atoms with E-state index in [-0.39, 0.29) is 6.10 Å². The molecule has 2 heterocycles. The van der Waals surface area contributed by atoms with Crippen LogP contribution in [0.15, 0.2) is 18.3 Å². The molecular formula is C16H22N2O3. The molecule has 0 spiro atoms. The van der Waals surface area contributed by atoms with Gasteiger partial charge in [-0.3, -0.25) is 9.88 Å². The molecule has 5 nitrogen and oxygen atoms in total. The molecule has 2 aliphatic rings. The Balaban J connectivity index is 1.57. The lowest BCUT2D eigenvalue weighted by Gasteiger charge is -2.32. The molecular weight excluding hydrogens is 268 g/mol. The first-order valence-electron chi connectivity index (χ1n) is 7.73. The second-order valence-corrected chi connectivity index (χ2v) is 6.08. The molecule has 1 N–H and O–H groups in total. The van der Waals surface area contributed by atoms with E-state index in [1.165, 1.54) is 12.8 Å². The number of rotatable bonds is 6. The van der Waals surface area contributed by atoms with Crippen molar-refractivity contribution in [2.75, 3.05) is 19.7 Å². The number of pyridine rings is 1. The molecule has 0 bridgehead atoms. The second-order valence-electron chi connectivity index (χ2n) is 6.08. The van der Waals surface area contributed by atoms with E-state index < -0.39 is 5.97 Å². The third-order valence-corrected chi connectivity index (χ3v) is 4.22. The Morgan fingerprint density at radius 1 is 1.43 bits per heavy atom. The average molecular weight is 290 g/mol. The van der Waals surface area contributed by atoms with Crippen LogP contribution in [0.4, 0.5) is 0 Å². The molecule has 1 aromatic rings. The van der Waals surface area contributed by atoms with E-state index in [9.17, 15) is 9.90 Å². The fourth-order valence-corrected chi connectivity index (χ4v) is 2.82.